The van der Waals surface area contributed by atoms with Gasteiger partial charge in [-0.2, -0.15) is 0 Å². The van der Waals surface area contributed by atoms with Crippen LogP contribution in [0.4, 0.5) is 0 Å². The minimum atomic E-state index is -0.765. The van der Waals surface area contributed by atoms with Gasteiger partial charge in [0.25, 0.3) is 0 Å². The van der Waals surface area contributed by atoms with Crippen LogP contribution in [0.3, 0.4) is 0 Å². The Hall–Kier alpha value is -1.20. The van der Waals surface area contributed by atoms with Gasteiger partial charge in [0, 0.05) is 15.8 Å². The Morgan fingerprint density at radius 1 is 1.30 bits per heavy atom. The number of hydrogen-bond acceptors (Lipinski definition) is 3. The molecule has 0 radical (unpaired) electrons. The zero-order valence-electron chi connectivity index (χ0n) is 11.4. The number of carboxylic acid groups (broad SMARTS) is 1. The van der Waals surface area contributed by atoms with Crippen LogP contribution >= 0.6 is 27.3 Å². The summed E-state index contributed by atoms with van der Waals surface area (Å²) < 4.78 is 0.999. The molecule has 1 heterocycles. The third-order valence-corrected chi connectivity index (χ3v) is 4.86. The van der Waals surface area contributed by atoms with Crippen LogP contribution < -0.4 is 0 Å². The molecule has 20 heavy (non-hydrogen) atoms. The summed E-state index contributed by atoms with van der Waals surface area (Å²) in [6, 6.07) is 7.79. The molecule has 1 unspecified atom stereocenters. The van der Waals surface area contributed by atoms with Gasteiger partial charge in [-0.15, -0.1) is 11.3 Å². The highest BCUT2D eigenvalue weighted by Crippen LogP contribution is 2.22. The van der Waals surface area contributed by atoms with Crippen LogP contribution in [0.1, 0.15) is 21.1 Å². The average Bonchev–Trinajstić information content (AvgIpc) is 2.70. The summed E-state index contributed by atoms with van der Waals surface area (Å²) in [6.45, 7) is 3.97. The van der Waals surface area contributed by atoms with Crippen molar-refractivity contribution < 1.29 is 9.90 Å². The maximum atomic E-state index is 11.4. The van der Waals surface area contributed by atoms with E-state index in [1.807, 2.05) is 38.1 Å². The molecule has 0 spiro atoms. The van der Waals surface area contributed by atoms with Gasteiger partial charge in [-0.3, -0.25) is 4.79 Å². The van der Waals surface area contributed by atoms with Crippen LogP contribution in [0.15, 0.2) is 28.7 Å². The van der Waals surface area contributed by atoms with E-state index in [4.69, 9.17) is 0 Å². The molecule has 106 valence electrons. The Labute approximate surface area is 130 Å². The molecule has 1 aromatic heterocycles. The topological polar surface area (TPSA) is 50.2 Å². The summed E-state index contributed by atoms with van der Waals surface area (Å²) in [5.41, 5.74) is 2.03. The lowest BCUT2D eigenvalue weighted by Gasteiger charge is -2.10. The Bertz CT molecular complexity index is 587. The molecule has 0 fully saturated rings. The quantitative estimate of drug-likeness (QED) is 0.883. The molecule has 0 bridgehead atoms. The van der Waals surface area contributed by atoms with Crippen LogP contribution in [0, 0.1) is 19.8 Å². The molecular weight excluding hydrogens is 338 g/mol. The molecule has 0 amide bonds. The zero-order valence-corrected chi connectivity index (χ0v) is 13.8. The van der Waals surface area contributed by atoms with Gasteiger partial charge in [0.1, 0.15) is 0 Å². The lowest BCUT2D eigenvalue weighted by Crippen LogP contribution is -2.19. The van der Waals surface area contributed by atoms with Gasteiger partial charge in [0.15, 0.2) is 0 Å². The Morgan fingerprint density at radius 3 is 2.45 bits per heavy atom. The highest BCUT2D eigenvalue weighted by atomic mass is 79.9. The first kappa shape index (κ1) is 15.2. The minimum absolute atomic E-state index is 0.430. The standard InChI is InChI=1S/C15H16BrNO2S/c1-9-10(2)20-14(17-9)8-12(15(18)19)7-11-3-5-13(16)6-4-11/h3-6,12H,7-8H2,1-2H3,(H,18,19). The van der Waals surface area contributed by atoms with E-state index in [0.717, 1.165) is 25.6 Å². The number of rotatable bonds is 5. The molecule has 0 aliphatic heterocycles. The van der Waals surface area contributed by atoms with E-state index in [0.29, 0.717) is 12.8 Å². The lowest BCUT2D eigenvalue weighted by atomic mass is 9.96. The Balaban J connectivity index is 2.11. The molecule has 1 atom stereocenters. The monoisotopic (exact) mass is 353 g/mol. The summed E-state index contributed by atoms with van der Waals surface area (Å²) in [5, 5.41) is 10.3. The van der Waals surface area contributed by atoms with E-state index in [-0.39, 0.29) is 0 Å². The summed E-state index contributed by atoms with van der Waals surface area (Å²) >= 11 is 4.97. The third kappa shape index (κ3) is 3.90. The molecule has 5 heteroatoms. The van der Waals surface area contributed by atoms with Crippen LogP contribution in [-0.4, -0.2) is 16.1 Å². The first-order valence-electron chi connectivity index (χ1n) is 6.36. The summed E-state index contributed by atoms with van der Waals surface area (Å²) in [5.74, 6) is -1.19. The number of halogens is 1. The second kappa shape index (κ2) is 6.50. The van der Waals surface area contributed by atoms with Gasteiger partial charge in [0.2, 0.25) is 0 Å². The first-order valence-corrected chi connectivity index (χ1v) is 7.97. The molecule has 1 aromatic carbocycles. The molecule has 0 saturated carbocycles. The zero-order chi connectivity index (χ0) is 14.7. The highest BCUT2D eigenvalue weighted by molar-refractivity contribution is 9.10. The molecule has 2 aromatic rings. The van der Waals surface area contributed by atoms with E-state index in [9.17, 15) is 9.90 Å². The number of carbonyl (C=O) groups is 1. The van der Waals surface area contributed by atoms with E-state index >= 15 is 0 Å². The first-order chi connectivity index (χ1) is 9.45. The molecule has 0 aliphatic rings. The van der Waals surface area contributed by atoms with Gasteiger partial charge < -0.3 is 5.11 Å². The van der Waals surface area contributed by atoms with Crippen molar-refractivity contribution in [2.45, 2.75) is 26.7 Å². The van der Waals surface area contributed by atoms with Crippen molar-refractivity contribution in [3.63, 3.8) is 0 Å². The average molecular weight is 354 g/mol. The van der Waals surface area contributed by atoms with E-state index in [1.165, 1.54) is 0 Å². The fourth-order valence-corrected chi connectivity index (χ4v) is 3.27. The van der Waals surface area contributed by atoms with Crippen LogP contribution in [-0.2, 0) is 17.6 Å². The van der Waals surface area contributed by atoms with Crippen molar-refractivity contribution in [2.75, 3.05) is 0 Å². The fraction of sp³-hybridized carbons (Fsp3) is 0.333. The number of benzene rings is 1. The summed E-state index contributed by atoms with van der Waals surface area (Å²) in [6.07, 6.45) is 1.02. The molecule has 0 aliphatic carbocycles. The summed E-state index contributed by atoms with van der Waals surface area (Å²) in [4.78, 5) is 17.0. The highest BCUT2D eigenvalue weighted by Gasteiger charge is 2.20. The summed E-state index contributed by atoms with van der Waals surface area (Å²) in [7, 11) is 0. The van der Waals surface area contributed by atoms with E-state index in [1.54, 1.807) is 11.3 Å². The Morgan fingerprint density at radius 2 is 1.95 bits per heavy atom. The van der Waals surface area contributed by atoms with Crippen LogP contribution in [0.2, 0.25) is 0 Å². The van der Waals surface area contributed by atoms with Gasteiger partial charge >= 0.3 is 5.97 Å². The SMILES string of the molecule is Cc1nc(CC(Cc2ccc(Br)cc2)C(=O)O)sc1C. The van der Waals surface area contributed by atoms with E-state index in [2.05, 4.69) is 20.9 Å². The van der Waals surface area contributed by atoms with Crippen LogP contribution in [0.25, 0.3) is 0 Å². The number of hydrogen-bond donors (Lipinski definition) is 1. The number of aryl methyl sites for hydroxylation is 2. The van der Waals surface area contributed by atoms with Gasteiger partial charge in [0.05, 0.1) is 16.6 Å². The number of thiazole rings is 1. The fourth-order valence-electron chi connectivity index (χ4n) is 1.99. The molecule has 3 nitrogen and oxygen atoms in total. The smallest absolute Gasteiger partial charge is 0.307 e. The number of aliphatic carboxylic acids is 1. The predicted octanol–water partition coefficient (Wildman–Crippen LogP) is 4.01. The largest absolute Gasteiger partial charge is 0.481 e. The van der Waals surface area contributed by atoms with Crippen molar-refractivity contribution in [1.29, 1.82) is 0 Å². The van der Waals surface area contributed by atoms with Crippen molar-refractivity contribution in [2.24, 2.45) is 5.92 Å². The van der Waals surface area contributed by atoms with Gasteiger partial charge in [-0.05, 0) is 38.0 Å². The van der Waals surface area contributed by atoms with Crippen molar-refractivity contribution in [3.05, 3.63) is 49.9 Å². The van der Waals surface area contributed by atoms with Gasteiger partial charge in [-0.1, -0.05) is 28.1 Å². The minimum Gasteiger partial charge on any atom is -0.481 e. The number of nitrogens with zero attached hydrogens (tertiary/aromatic N) is 1. The van der Waals surface area contributed by atoms with E-state index < -0.39 is 11.9 Å². The lowest BCUT2D eigenvalue weighted by molar-refractivity contribution is -0.141. The van der Waals surface area contributed by atoms with Crippen molar-refractivity contribution >= 4 is 33.2 Å². The maximum Gasteiger partial charge on any atom is 0.307 e. The predicted molar refractivity (Wildman–Crippen MR) is 84.3 cm³/mol. The third-order valence-electron chi connectivity index (χ3n) is 3.24. The Kier molecular flexibility index (Phi) is 4.94. The second-order valence-corrected chi connectivity index (χ2v) is 7.02. The van der Waals surface area contributed by atoms with Crippen LogP contribution in [0.5, 0.6) is 0 Å². The second-order valence-electron chi connectivity index (χ2n) is 4.82. The number of aromatic nitrogens is 1. The molecular formula is C15H16BrNO2S. The van der Waals surface area contributed by atoms with Crippen molar-refractivity contribution in [3.8, 4) is 0 Å². The number of carboxylic acids is 1. The molecule has 1 N–H and O–H groups in total. The van der Waals surface area contributed by atoms with Gasteiger partial charge in [-0.25, -0.2) is 4.98 Å². The normalized spacial score (nSPS) is 12.3. The maximum absolute atomic E-state index is 11.4. The molecule has 2 rings (SSSR count). The molecule has 0 saturated heterocycles. The van der Waals surface area contributed by atoms with Crippen molar-refractivity contribution in [1.82, 2.24) is 4.98 Å².